The molecule has 1 aromatic heterocycles. The largest absolute Gasteiger partial charge is 0.345 e. The minimum Gasteiger partial charge on any atom is -0.345 e. The quantitative estimate of drug-likeness (QED) is 0.797. The van der Waals surface area contributed by atoms with Gasteiger partial charge in [-0.3, -0.25) is 9.78 Å². The zero-order chi connectivity index (χ0) is 9.68. The van der Waals surface area contributed by atoms with Crippen molar-refractivity contribution in [1.29, 1.82) is 0 Å². The summed E-state index contributed by atoms with van der Waals surface area (Å²) in [4.78, 5) is 25.0. The van der Waals surface area contributed by atoms with Crippen molar-refractivity contribution in [2.24, 2.45) is 0 Å². The maximum absolute atomic E-state index is 11.2. The molecular formula is C8H7BrN2O2. The van der Waals surface area contributed by atoms with Crippen molar-refractivity contribution in [3.05, 3.63) is 28.5 Å². The molecule has 0 bridgehead atoms. The second kappa shape index (κ2) is 4.71. The van der Waals surface area contributed by atoms with Crippen LogP contribution in [-0.4, -0.2) is 23.7 Å². The highest BCUT2D eigenvalue weighted by Gasteiger charge is 2.04. The van der Waals surface area contributed by atoms with Crippen molar-refractivity contribution in [2.75, 3.05) is 6.54 Å². The lowest BCUT2D eigenvalue weighted by molar-refractivity contribution is -0.107. The first-order valence-electron chi connectivity index (χ1n) is 3.56. The van der Waals surface area contributed by atoms with Gasteiger partial charge in [-0.15, -0.1) is 0 Å². The normalized spacial score (nSPS) is 9.31. The number of nitrogens with one attached hydrogen (secondary N) is 1. The average molecular weight is 243 g/mol. The third kappa shape index (κ3) is 2.95. The van der Waals surface area contributed by atoms with Crippen LogP contribution in [0.15, 0.2) is 22.9 Å². The fraction of sp³-hybridized carbons (Fsp3) is 0.125. The van der Waals surface area contributed by atoms with Gasteiger partial charge in [0.15, 0.2) is 0 Å². The fourth-order valence-electron chi connectivity index (χ4n) is 0.772. The number of hydrogen-bond donors (Lipinski definition) is 1. The molecule has 0 aliphatic carbocycles. The third-order valence-electron chi connectivity index (χ3n) is 1.31. The number of aromatic nitrogens is 1. The number of amides is 1. The van der Waals surface area contributed by atoms with Gasteiger partial charge in [0.25, 0.3) is 5.91 Å². The maximum atomic E-state index is 11.2. The smallest absolute Gasteiger partial charge is 0.253 e. The third-order valence-corrected chi connectivity index (χ3v) is 1.75. The summed E-state index contributed by atoms with van der Waals surface area (Å²) in [5.74, 6) is -0.305. The molecule has 1 rings (SSSR count). The van der Waals surface area contributed by atoms with Gasteiger partial charge in [0.2, 0.25) is 0 Å². The Hall–Kier alpha value is -1.23. The molecule has 0 spiro atoms. The molecule has 0 aliphatic heterocycles. The van der Waals surface area contributed by atoms with Crippen molar-refractivity contribution in [3.63, 3.8) is 0 Å². The lowest BCUT2D eigenvalue weighted by atomic mass is 10.3. The minimum atomic E-state index is -0.305. The first-order chi connectivity index (χ1) is 6.24. The number of nitrogens with zero attached hydrogens (tertiary/aromatic N) is 1. The van der Waals surface area contributed by atoms with Gasteiger partial charge in [-0.1, -0.05) is 0 Å². The number of carbonyl (C=O) groups excluding carboxylic acids is 2. The molecule has 0 unspecified atom stereocenters. The van der Waals surface area contributed by atoms with Gasteiger partial charge in [-0.2, -0.15) is 0 Å². The van der Waals surface area contributed by atoms with E-state index < -0.39 is 0 Å². The molecule has 1 N–H and O–H groups in total. The number of aldehydes is 1. The van der Waals surface area contributed by atoms with Crippen LogP contribution in [0.5, 0.6) is 0 Å². The van der Waals surface area contributed by atoms with E-state index in [9.17, 15) is 9.59 Å². The van der Waals surface area contributed by atoms with E-state index in [-0.39, 0.29) is 12.5 Å². The van der Waals surface area contributed by atoms with Crippen molar-refractivity contribution >= 4 is 28.1 Å². The van der Waals surface area contributed by atoms with Crippen LogP contribution in [0.2, 0.25) is 0 Å². The highest BCUT2D eigenvalue weighted by molar-refractivity contribution is 9.10. The molecule has 0 aromatic carbocycles. The van der Waals surface area contributed by atoms with E-state index in [1.165, 1.54) is 6.20 Å². The highest BCUT2D eigenvalue weighted by atomic mass is 79.9. The van der Waals surface area contributed by atoms with E-state index in [0.717, 1.165) is 4.47 Å². The van der Waals surface area contributed by atoms with Crippen LogP contribution >= 0.6 is 15.9 Å². The molecule has 0 fully saturated rings. The summed E-state index contributed by atoms with van der Waals surface area (Å²) < 4.78 is 0.728. The van der Waals surface area contributed by atoms with Crippen LogP contribution in [0.3, 0.4) is 0 Å². The van der Waals surface area contributed by atoms with Crippen molar-refractivity contribution in [2.45, 2.75) is 0 Å². The Morgan fingerprint density at radius 3 is 3.00 bits per heavy atom. The summed E-state index contributed by atoms with van der Waals surface area (Å²) in [7, 11) is 0. The summed E-state index contributed by atoms with van der Waals surface area (Å²) in [6.07, 6.45) is 3.64. The Bertz CT molecular complexity index is 328. The van der Waals surface area contributed by atoms with Gasteiger partial charge in [-0.25, -0.2) is 0 Å². The van der Waals surface area contributed by atoms with Crippen LogP contribution in [0.25, 0.3) is 0 Å². The summed E-state index contributed by atoms with van der Waals surface area (Å²) in [5, 5.41) is 2.41. The molecule has 1 aromatic rings. The Balaban J connectivity index is 2.71. The Morgan fingerprint density at radius 1 is 1.62 bits per heavy atom. The summed E-state index contributed by atoms with van der Waals surface area (Å²) in [5.41, 5.74) is 0.427. The molecule has 4 nitrogen and oxygen atoms in total. The van der Waals surface area contributed by atoms with E-state index in [0.29, 0.717) is 11.8 Å². The summed E-state index contributed by atoms with van der Waals surface area (Å²) >= 11 is 3.19. The number of pyridine rings is 1. The molecule has 68 valence electrons. The van der Waals surface area contributed by atoms with Gasteiger partial charge in [-0.05, 0) is 22.0 Å². The molecule has 0 atom stereocenters. The zero-order valence-corrected chi connectivity index (χ0v) is 8.24. The topological polar surface area (TPSA) is 59.1 Å². The number of hydrogen-bond acceptors (Lipinski definition) is 3. The Kier molecular flexibility index (Phi) is 3.57. The van der Waals surface area contributed by atoms with Crippen LogP contribution in [0.4, 0.5) is 0 Å². The maximum Gasteiger partial charge on any atom is 0.253 e. The first kappa shape index (κ1) is 9.85. The number of carbonyl (C=O) groups is 2. The van der Waals surface area contributed by atoms with E-state index in [2.05, 4.69) is 26.2 Å². The van der Waals surface area contributed by atoms with Crippen LogP contribution in [0.1, 0.15) is 10.4 Å². The standard InChI is InChI=1S/C8H7BrN2O2/c9-7-3-6(4-10-5-7)8(13)11-1-2-12/h2-5H,1H2,(H,11,13). The monoisotopic (exact) mass is 242 g/mol. The second-order valence-electron chi connectivity index (χ2n) is 2.27. The molecule has 5 heteroatoms. The van der Waals surface area contributed by atoms with Crippen LogP contribution in [-0.2, 0) is 4.79 Å². The van der Waals surface area contributed by atoms with Crippen LogP contribution < -0.4 is 5.32 Å². The lowest BCUT2D eigenvalue weighted by Crippen LogP contribution is -2.25. The molecular weight excluding hydrogens is 236 g/mol. The summed E-state index contributed by atoms with van der Waals surface area (Å²) in [6.45, 7) is 0.0192. The predicted molar refractivity (Wildman–Crippen MR) is 50.3 cm³/mol. The van der Waals surface area contributed by atoms with Gasteiger partial charge in [0, 0.05) is 16.9 Å². The Labute approximate surface area is 83.5 Å². The fourth-order valence-corrected chi connectivity index (χ4v) is 1.14. The Morgan fingerprint density at radius 2 is 2.38 bits per heavy atom. The van der Waals surface area contributed by atoms with E-state index in [4.69, 9.17) is 0 Å². The van der Waals surface area contributed by atoms with Crippen molar-refractivity contribution in [3.8, 4) is 0 Å². The first-order valence-corrected chi connectivity index (χ1v) is 4.35. The van der Waals surface area contributed by atoms with Gasteiger partial charge in [0.1, 0.15) is 6.29 Å². The number of rotatable bonds is 3. The van der Waals surface area contributed by atoms with Gasteiger partial charge >= 0.3 is 0 Å². The molecule has 1 amide bonds. The van der Waals surface area contributed by atoms with Gasteiger partial charge in [0.05, 0.1) is 12.1 Å². The lowest BCUT2D eigenvalue weighted by Gasteiger charge is -2.00. The molecule has 0 saturated heterocycles. The molecule has 0 radical (unpaired) electrons. The van der Waals surface area contributed by atoms with E-state index in [1.807, 2.05) is 0 Å². The average Bonchev–Trinajstić information content (AvgIpc) is 2.14. The van der Waals surface area contributed by atoms with Gasteiger partial charge < -0.3 is 10.1 Å². The van der Waals surface area contributed by atoms with E-state index >= 15 is 0 Å². The molecule has 0 aliphatic rings. The summed E-state index contributed by atoms with van der Waals surface area (Å²) in [6, 6.07) is 1.63. The zero-order valence-electron chi connectivity index (χ0n) is 6.66. The highest BCUT2D eigenvalue weighted by Crippen LogP contribution is 2.08. The molecule has 1 heterocycles. The molecule has 13 heavy (non-hydrogen) atoms. The van der Waals surface area contributed by atoms with Crippen molar-refractivity contribution < 1.29 is 9.59 Å². The second-order valence-corrected chi connectivity index (χ2v) is 3.18. The molecule has 0 saturated carbocycles. The minimum absolute atomic E-state index is 0.0192. The number of halogens is 1. The van der Waals surface area contributed by atoms with Crippen LogP contribution in [0, 0.1) is 0 Å². The predicted octanol–water partition coefficient (Wildman–Crippen LogP) is 0.773. The SMILES string of the molecule is O=CCNC(=O)c1cncc(Br)c1. The van der Waals surface area contributed by atoms with E-state index in [1.54, 1.807) is 12.3 Å². The van der Waals surface area contributed by atoms with Crippen molar-refractivity contribution in [1.82, 2.24) is 10.3 Å².